The average Bonchev–Trinajstić information content (AvgIpc) is 1.93. The Kier molecular flexibility index (Phi) is 2.34. The van der Waals surface area contributed by atoms with Gasteiger partial charge in [0, 0.05) is 17.0 Å². The van der Waals surface area contributed by atoms with E-state index in [9.17, 15) is 0 Å². The minimum absolute atomic E-state index is 0. The molecule has 2 nitrogen and oxygen atoms in total. The molecule has 11 heavy (non-hydrogen) atoms. The molecule has 65 valence electrons. The van der Waals surface area contributed by atoms with Crippen LogP contribution in [0.4, 0.5) is 0 Å². The van der Waals surface area contributed by atoms with Gasteiger partial charge in [0.25, 0.3) is 0 Å². The third kappa shape index (κ3) is 1.60. The van der Waals surface area contributed by atoms with Gasteiger partial charge in [-0.3, -0.25) is 0 Å². The summed E-state index contributed by atoms with van der Waals surface area (Å²) in [4.78, 5) is 0. The Morgan fingerprint density at radius 1 is 0.636 bits per heavy atom. The highest BCUT2D eigenvalue weighted by atomic mass is 79.9. The van der Waals surface area contributed by atoms with Crippen molar-refractivity contribution in [2.75, 3.05) is 53.4 Å². The van der Waals surface area contributed by atoms with E-state index >= 15 is 0 Å². The van der Waals surface area contributed by atoms with Crippen molar-refractivity contribution < 1.29 is 8.97 Å². The molecule has 0 aromatic rings. The van der Waals surface area contributed by atoms with Crippen molar-refractivity contribution >= 4 is 17.0 Å². The average molecular weight is 222 g/mol. The lowest BCUT2D eigenvalue weighted by molar-refractivity contribution is -1.06. The number of fused-ring (bicyclic) bond motifs is 3. The molecular weight excluding hydrogens is 204 g/mol. The zero-order valence-corrected chi connectivity index (χ0v) is 9.10. The fourth-order valence-electron chi connectivity index (χ4n) is 2.12. The molecule has 0 saturated carbocycles. The summed E-state index contributed by atoms with van der Waals surface area (Å²) in [6.45, 7) is 8.48. The number of rotatable bonds is 0. The molecule has 1 radical (unpaired) electrons. The number of nitrogens with zero attached hydrogens (tertiary/aromatic N) is 2. The van der Waals surface area contributed by atoms with Crippen molar-refractivity contribution in [2.24, 2.45) is 0 Å². The molecule has 0 amide bonds. The predicted molar refractivity (Wildman–Crippen MR) is 50.5 cm³/mol. The molecule has 3 heteroatoms. The van der Waals surface area contributed by atoms with Crippen molar-refractivity contribution in [3.05, 3.63) is 0 Å². The van der Waals surface area contributed by atoms with E-state index in [1.165, 1.54) is 48.2 Å². The lowest BCUT2D eigenvalue weighted by Gasteiger charge is -2.52. The Balaban J connectivity index is 0.000000605. The van der Waals surface area contributed by atoms with E-state index in [-0.39, 0.29) is 17.0 Å². The smallest absolute Gasteiger partial charge is 0.129 e. The molecular formula is C8H18BrN2+2. The lowest BCUT2D eigenvalue weighted by atomic mass is 10.1. The standard InChI is InChI=1S/C8H18N2.Br/c1-9-3-6-10(2,7-4-9)8-5-9;/h3-8H2,1-2H3;/q+2;. The van der Waals surface area contributed by atoms with Crippen molar-refractivity contribution in [3.8, 4) is 0 Å². The second kappa shape index (κ2) is 2.71. The van der Waals surface area contributed by atoms with Crippen LogP contribution in [0.25, 0.3) is 0 Å². The van der Waals surface area contributed by atoms with Crippen LogP contribution >= 0.6 is 17.0 Å². The normalized spacial score (nSPS) is 48.5. The fraction of sp³-hybridized carbons (Fsp3) is 1.00. The first kappa shape index (κ1) is 9.49. The van der Waals surface area contributed by atoms with Crippen LogP contribution in [0, 0.1) is 0 Å². The molecule has 3 rings (SSSR count). The lowest BCUT2D eigenvalue weighted by Crippen LogP contribution is -2.72. The highest BCUT2D eigenvalue weighted by Gasteiger charge is 2.43. The van der Waals surface area contributed by atoms with E-state index in [0.717, 1.165) is 0 Å². The summed E-state index contributed by atoms with van der Waals surface area (Å²) in [7, 11) is 4.81. The molecule has 2 bridgehead atoms. The van der Waals surface area contributed by atoms with Crippen LogP contribution in [0.3, 0.4) is 0 Å². The van der Waals surface area contributed by atoms with Crippen LogP contribution in [-0.2, 0) is 0 Å². The molecule has 3 aliphatic rings. The van der Waals surface area contributed by atoms with Crippen molar-refractivity contribution in [1.82, 2.24) is 0 Å². The van der Waals surface area contributed by atoms with Crippen LogP contribution in [0.1, 0.15) is 0 Å². The Morgan fingerprint density at radius 3 is 1.00 bits per heavy atom. The highest BCUT2D eigenvalue weighted by Crippen LogP contribution is 2.21. The molecule has 3 fully saturated rings. The maximum Gasteiger partial charge on any atom is 0.129 e. The summed E-state index contributed by atoms with van der Waals surface area (Å²) in [6.07, 6.45) is 0. The van der Waals surface area contributed by atoms with Crippen LogP contribution in [0.15, 0.2) is 0 Å². The van der Waals surface area contributed by atoms with E-state index in [0.29, 0.717) is 0 Å². The van der Waals surface area contributed by atoms with Crippen molar-refractivity contribution in [1.29, 1.82) is 0 Å². The topological polar surface area (TPSA) is 0 Å². The quantitative estimate of drug-likeness (QED) is 0.531. The van der Waals surface area contributed by atoms with Crippen LogP contribution in [0.5, 0.6) is 0 Å². The Labute approximate surface area is 79.7 Å². The Morgan fingerprint density at radius 2 is 0.818 bits per heavy atom. The summed E-state index contributed by atoms with van der Waals surface area (Å²) in [5, 5.41) is 0. The first-order valence-corrected chi connectivity index (χ1v) is 4.29. The van der Waals surface area contributed by atoms with E-state index in [4.69, 9.17) is 0 Å². The number of quaternary nitrogens is 2. The first-order chi connectivity index (χ1) is 4.62. The molecule has 3 aliphatic heterocycles. The third-order valence-corrected chi connectivity index (χ3v) is 3.54. The Bertz CT molecular complexity index is 116. The molecule has 0 aliphatic carbocycles. The van der Waals surface area contributed by atoms with E-state index in [1.54, 1.807) is 0 Å². The van der Waals surface area contributed by atoms with Crippen LogP contribution in [0.2, 0.25) is 0 Å². The minimum atomic E-state index is 0. The predicted octanol–water partition coefficient (Wildman–Crippen LogP) is 0.752. The molecule has 3 saturated heterocycles. The molecule has 0 aromatic carbocycles. The van der Waals surface area contributed by atoms with E-state index in [2.05, 4.69) is 14.1 Å². The van der Waals surface area contributed by atoms with Gasteiger partial charge >= 0.3 is 0 Å². The second-order valence-electron chi connectivity index (χ2n) is 4.58. The highest BCUT2D eigenvalue weighted by molar-refractivity contribution is 8.93. The largest absolute Gasteiger partial charge is 0.312 e. The molecule has 0 unspecified atom stereocenters. The SMILES string of the molecule is C[N+]12CC[N+](C)(CC1)CC2.[Br]. The number of piperazine rings is 3. The van der Waals surface area contributed by atoms with Gasteiger partial charge in [-0.25, -0.2) is 0 Å². The van der Waals surface area contributed by atoms with Gasteiger partial charge in [0.05, 0.1) is 14.1 Å². The van der Waals surface area contributed by atoms with Gasteiger partial charge < -0.3 is 8.97 Å². The summed E-state index contributed by atoms with van der Waals surface area (Å²) < 4.78 is 2.71. The van der Waals surface area contributed by atoms with Gasteiger partial charge in [-0.05, 0) is 0 Å². The van der Waals surface area contributed by atoms with Gasteiger partial charge in [0.2, 0.25) is 0 Å². The van der Waals surface area contributed by atoms with Gasteiger partial charge in [-0.2, -0.15) is 0 Å². The summed E-state index contributed by atoms with van der Waals surface area (Å²) in [6, 6.07) is 0. The monoisotopic (exact) mass is 221 g/mol. The number of hydrogen-bond acceptors (Lipinski definition) is 0. The van der Waals surface area contributed by atoms with E-state index < -0.39 is 0 Å². The van der Waals surface area contributed by atoms with Crippen LogP contribution < -0.4 is 0 Å². The zero-order valence-electron chi connectivity index (χ0n) is 7.52. The van der Waals surface area contributed by atoms with Crippen molar-refractivity contribution in [2.45, 2.75) is 0 Å². The number of likely N-dealkylation sites (N-methyl/N-ethyl adjacent to an activating group) is 2. The van der Waals surface area contributed by atoms with E-state index in [1.807, 2.05) is 0 Å². The zero-order chi connectivity index (χ0) is 7.24. The van der Waals surface area contributed by atoms with Gasteiger partial charge in [-0.1, -0.05) is 0 Å². The molecule has 0 atom stereocenters. The van der Waals surface area contributed by atoms with Gasteiger partial charge in [0.15, 0.2) is 0 Å². The molecule has 3 heterocycles. The number of hydrogen-bond donors (Lipinski definition) is 0. The maximum absolute atomic E-state index is 2.41. The minimum Gasteiger partial charge on any atom is -0.312 e. The van der Waals surface area contributed by atoms with Crippen molar-refractivity contribution in [3.63, 3.8) is 0 Å². The summed E-state index contributed by atoms with van der Waals surface area (Å²) in [5.41, 5.74) is 0. The fourth-order valence-corrected chi connectivity index (χ4v) is 2.12. The molecule has 0 aromatic heterocycles. The molecule has 0 spiro atoms. The summed E-state index contributed by atoms with van der Waals surface area (Å²) in [5.74, 6) is 0. The third-order valence-electron chi connectivity index (χ3n) is 3.54. The van der Waals surface area contributed by atoms with Gasteiger partial charge in [0.1, 0.15) is 39.3 Å². The second-order valence-corrected chi connectivity index (χ2v) is 4.58. The van der Waals surface area contributed by atoms with Crippen LogP contribution in [-0.4, -0.2) is 62.3 Å². The maximum atomic E-state index is 2.41. The molecule has 0 N–H and O–H groups in total. The van der Waals surface area contributed by atoms with Gasteiger partial charge in [-0.15, -0.1) is 0 Å². The summed E-state index contributed by atoms with van der Waals surface area (Å²) >= 11 is 0. The number of halogens is 1. The Hall–Kier alpha value is 0.400. The first-order valence-electron chi connectivity index (χ1n) is 4.29.